The smallest absolute Gasteiger partial charge is 0.200 e. The molecule has 0 atom stereocenters. The van der Waals surface area contributed by atoms with Crippen molar-refractivity contribution in [1.29, 1.82) is 0 Å². The van der Waals surface area contributed by atoms with E-state index in [9.17, 15) is 43.9 Å². The second-order valence-corrected chi connectivity index (χ2v) is 5.44. The predicted octanol–water partition coefficient (Wildman–Crippen LogP) is 6.01. The van der Waals surface area contributed by atoms with E-state index in [1.165, 1.54) is 0 Å². The van der Waals surface area contributed by atoms with Gasteiger partial charge in [0, 0.05) is 5.57 Å². The molecule has 10 heteroatoms. The maximum Gasteiger partial charge on any atom is 0.200 e. The highest BCUT2D eigenvalue weighted by molar-refractivity contribution is 5.87. The van der Waals surface area contributed by atoms with Crippen LogP contribution in [0.1, 0.15) is 11.1 Å². The van der Waals surface area contributed by atoms with E-state index in [-0.39, 0.29) is 0 Å². The molecule has 0 unspecified atom stereocenters. The van der Waals surface area contributed by atoms with Gasteiger partial charge in [0.1, 0.15) is 0 Å². The Balaban J connectivity index is 2.55. The quantitative estimate of drug-likeness (QED) is 0.324. The molecular formula is C18H4F10. The summed E-state index contributed by atoms with van der Waals surface area (Å²) < 4.78 is 138. The molecule has 0 fully saturated rings. The van der Waals surface area contributed by atoms with Crippen molar-refractivity contribution < 1.29 is 43.9 Å². The van der Waals surface area contributed by atoms with Crippen molar-refractivity contribution in [2.24, 2.45) is 0 Å². The van der Waals surface area contributed by atoms with Crippen molar-refractivity contribution in [3.05, 3.63) is 99.2 Å². The average molecular weight is 410 g/mol. The Morgan fingerprint density at radius 2 is 0.643 bits per heavy atom. The number of halogens is 10. The fraction of sp³-hybridized carbons (Fsp3) is 0. The van der Waals surface area contributed by atoms with Crippen LogP contribution in [0.25, 0.3) is 5.57 Å². The zero-order valence-corrected chi connectivity index (χ0v) is 13.1. The summed E-state index contributed by atoms with van der Waals surface area (Å²) in [7, 11) is 0. The Morgan fingerprint density at radius 3 is 0.929 bits per heavy atom. The molecule has 0 bridgehead atoms. The molecular weight excluding hydrogens is 406 g/mol. The third-order valence-electron chi connectivity index (χ3n) is 3.87. The van der Waals surface area contributed by atoms with Crippen LogP contribution in [-0.2, 0) is 0 Å². The standard InChI is InChI=1S/C18H4F10/c19-9-7(10(20)14(24)17(27)13(9)23)6(5-3-1-2-4-5)8-11(21)15(25)18(28)16(26)12(8)22/h1-4H. The van der Waals surface area contributed by atoms with Gasteiger partial charge in [0.05, 0.1) is 11.1 Å². The van der Waals surface area contributed by atoms with Crippen LogP contribution in [0.5, 0.6) is 0 Å². The van der Waals surface area contributed by atoms with Gasteiger partial charge in [0.15, 0.2) is 46.5 Å². The fourth-order valence-electron chi connectivity index (χ4n) is 2.60. The van der Waals surface area contributed by atoms with Gasteiger partial charge in [0.25, 0.3) is 0 Å². The van der Waals surface area contributed by atoms with E-state index >= 15 is 0 Å². The molecule has 1 aliphatic carbocycles. The molecule has 1 aliphatic rings. The van der Waals surface area contributed by atoms with Gasteiger partial charge in [-0.25, -0.2) is 43.9 Å². The van der Waals surface area contributed by atoms with Crippen LogP contribution in [-0.4, -0.2) is 0 Å². The molecule has 0 saturated carbocycles. The first kappa shape index (κ1) is 19.7. The van der Waals surface area contributed by atoms with E-state index in [4.69, 9.17) is 0 Å². The second kappa shape index (κ2) is 6.84. The van der Waals surface area contributed by atoms with Crippen LogP contribution in [0, 0.1) is 58.2 Å². The highest BCUT2D eigenvalue weighted by Gasteiger charge is 2.35. The fourth-order valence-corrected chi connectivity index (χ4v) is 2.60. The summed E-state index contributed by atoms with van der Waals surface area (Å²) in [6.45, 7) is 0. The molecule has 0 spiro atoms. The van der Waals surface area contributed by atoms with Crippen LogP contribution >= 0.6 is 0 Å². The molecule has 146 valence electrons. The Hall–Kier alpha value is -3.04. The van der Waals surface area contributed by atoms with Gasteiger partial charge in [0.2, 0.25) is 11.6 Å². The van der Waals surface area contributed by atoms with E-state index in [1.807, 2.05) is 0 Å². The first-order chi connectivity index (χ1) is 13.1. The molecule has 0 amide bonds. The summed E-state index contributed by atoms with van der Waals surface area (Å²) in [6, 6.07) is 0. The number of allylic oxidation sites excluding steroid dienone is 5. The largest absolute Gasteiger partial charge is 0.203 e. The Kier molecular flexibility index (Phi) is 4.82. The van der Waals surface area contributed by atoms with E-state index in [2.05, 4.69) is 0 Å². The average Bonchev–Trinajstić information content (AvgIpc) is 3.21. The highest BCUT2D eigenvalue weighted by atomic mass is 19.2. The maximum absolute atomic E-state index is 14.2. The summed E-state index contributed by atoms with van der Waals surface area (Å²) >= 11 is 0. The summed E-state index contributed by atoms with van der Waals surface area (Å²) in [5, 5.41) is 0. The summed E-state index contributed by atoms with van der Waals surface area (Å²) in [5.41, 5.74) is -5.63. The molecule has 0 heterocycles. The summed E-state index contributed by atoms with van der Waals surface area (Å²) in [4.78, 5) is 0. The van der Waals surface area contributed by atoms with E-state index < -0.39 is 80.4 Å². The minimum Gasteiger partial charge on any atom is -0.203 e. The number of benzene rings is 2. The van der Waals surface area contributed by atoms with Crippen molar-refractivity contribution in [2.45, 2.75) is 0 Å². The Bertz CT molecular complexity index is 965. The maximum atomic E-state index is 14.2. The number of hydrogen-bond donors (Lipinski definition) is 0. The van der Waals surface area contributed by atoms with Gasteiger partial charge < -0.3 is 0 Å². The molecule has 2 aromatic carbocycles. The molecule has 0 saturated heterocycles. The zero-order valence-electron chi connectivity index (χ0n) is 13.1. The lowest BCUT2D eigenvalue weighted by molar-refractivity contribution is 0.372. The molecule has 0 aliphatic heterocycles. The lowest BCUT2D eigenvalue weighted by Crippen LogP contribution is -2.13. The van der Waals surface area contributed by atoms with E-state index in [0.717, 1.165) is 24.3 Å². The molecule has 2 aromatic rings. The van der Waals surface area contributed by atoms with Crippen molar-refractivity contribution in [2.75, 3.05) is 0 Å². The lowest BCUT2D eigenvalue weighted by atomic mass is 9.91. The van der Waals surface area contributed by atoms with Crippen LogP contribution in [0.4, 0.5) is 43.9 Å². The first-order valence-electron chi connectivity index (χ1n) is 7.22. The summed E-state index contributed by atoms with van der Waals surface area (Å²) in [5.74, 6) is -25.0. The van der Waals surface area contributed by atoms with Crippen molar-refractivity contribution in [1.82, 2.24) is 0 Å². The van der Waals surface area contributed by atoms with Crippen LogP contribution < -0.4 is 0 Å². The monoisotopic (exact) mass is 410 g/mol. The van der Waals surface area contributed by atoms with E-state index in [1.54, 1.807) is 0 Å². The normalized spacial score (nSPS) is 13.0. The van der Waals surface area contributed by atoms with Gasteiger partial charge in [-0.2, -0.15) is 0 Å². The highest BCUT2D eigenvalue weighted by Crippen LogP contribution is 2.39. The molecule has 0 nitrogen and oxygen atoms in total. The van der Waals surface area contributed by atoms with Gasteiger partial charge >= 0.3 is 0 Å². The van der Waals surface area contributed by atoms with E-state index in [0.29, 0.717) is 0 Å². The molecule has 0 aromatic heterocycles. The summed E-state index contributed by atoms with van der Waals surface area (Å²) in [6.07, 6.45) is 4.14. The lowest BCUT2D eigenvalue weighted by Gasteiger charge is -2.17. The predicted molar refractivity (Wildman–Crippen MR) is 76.8 cm³/mol. The van der Waals surface area contributed by atoms with Gasteiger partial charge in [-0.05, 0) is 5.57 Å². The number of hydrogen-bond acceptors (Lipinski definition) is 0. The third kappa shape index (κ3) is 2.71. The van der Waals surface area contributed by atoms with Crippen molar-refractivity contribution in [3.63, 3.8) is 0 Å². The molecule has 0 N–H and O–H groups in total. The Morgan fingerprint density at radius 1 is 0.393 bits per heavy atom. The zero-order chi connectivity index (χ0) is 20.9. The molecule has 0 radical (unpaired) electrons. The third-order valence-corrected chi connectivity index (χ3v) is 3.87. The first-order valence-corrected chi connectivity index (χ1v) is 7.22. The van der Waals surface area contributed by atoms with Gasteiger partial charge in [-0.3, -0.25) is 0 Å². The SMILES string of the molecule is Fc1c(F)c(F)c(C(=C2C=CC=C2)c2c(F)c(F)c(F)c(F)c2F)c(F)c1F. The molecule has 3 rings (SSSR count). The molecule has 28 heavy (non-hydrogen) atoms. The van der Waals surface area contributed by atoms with Gasteiger partial charge in [-0.15, -0.1) is 0 Å². The van der Waals surface area contributed by atoms with Crippen molar-refractivity contribution in [3.8, 4) is 0 Å². The minimum absolute atomic E-state index is 0.550. The minimum atomic E-state index is -2.56. The number of rotatable bonds is 2. The van der Waals surface area contributed by atoms with Crippen molar-refractivity contribution >= 4 is 5.57 Å². The van der Waals surface area contributed by atoms with Crippen LogP contribution in [0.2, 0.25) is 0 Å². The van der Waals surface area contributed by atoms with Crippen LogP contribution in [0.15, 0.2) is 29.9 Å². The second-order valence-electron chi connectivity index (χ2n) is 5.44. The van der Waals surface area contributed by atoms with Gasteiger partial charge in [-0.1, -0.05) is 24.3 Å². The Labute approximate surface area is 149 Å². The van der Waals surface area contributed by atoms with Crippen LogP contribution in [0.3, 0.4) is 0 Å². The topological polar surface area (TPSA) is 0 Å².